The number of hydrogen-bond donors (Lipinski definition) is 1. The average molecular weight is 499 g/mol. The lowest BCUT2D eigenvalue weighted by molar-refractivity contribution is 0.0203. The van der Waals surface area contributed by atoms with Gasteiger partial charge in [-0.3, -0.25) is 4.79 Å². The Bertz CT molecular complexity index is 1190. The van der Waals surface area contributed by atoms with Gasteiger partial charge in [0.2, 0.25) is 0 Å². The highest BCUT2D eigenvalue weighted by atomic mass is 35.5. The second-order valence-electron chi connectivity index (χ2n) is 9.53. The third kappa shape index (κ3) is 6.00. The summed E-state index contributed by atoms with van der Waals surface area (Å²) in [7, 11) is 0. The number of nitrogens with zero attached hydrogens (tertiary/aromatic N) is 3. The molecule has 0 radical (unpaired) electrons. The molecule has 2 heterocycles. The van der Waals surface area contributed by atoms with Gasteiger partial charge in [0.1, 0.15) is 11.4 Å². The molecule has 1 fully saturated rings. The monoisotopic (exact) mass is 498 g/mol. The Labute approximate surface area is 208 Å². The third-order valence-corrected chi connectivity index (χ3v) is 6.01. The minimum atomic E-state index is -0.567. The van der Waals surface area contributed by atoms with Crippen molar-refractivity contribution >= 4 is 29.3 Å². The van der Waals surface area contributed by atoms with Crippen molar-refractivity contribution < 1.29 is 18.7 Å². The summed E-state index contributed by atoms with van der Waals surface area (Å²) in [6.07, 6.45) is 2.45. The van der Waals surface area contributed by atoms with E-state index in [1.807, 2.05) is 20.8 Å². The lowest BCUT2D eigenvalue weighted by Crippen LogP contribution is -2.41. The van der Waals surface area contributed by atoms with Crippen LogP contribution in [0.2, 0.25) is 5.02 Å². The van der Waals surface area contributed by atoms with Crippen molar-refractivity contribution in [2.45, 2.75) is 45.1 Å². The molecule has 9 heteroatoms. The maximum absolute atomic E-state index is 13.5. The maximum Gasteiger partial charge on any atom is 0.410 e. The third-order valence-electron chi connectivity index (χ3n) is 5.76. The Morgan fingerprint density at radius 2 is 1.69 bits per heavy atom. The zero-order valence-corrected chi connectivity index (χ0v) is 20.7. The van der Waals surface area contributed by atoms with Gasteiger partial charge >= 0.3 is 6.09 Å². The van der Waals surface area contributed by atoms with E-state index < -0.39 is 5.60 Å². The molecule has 184 valence electrons. The number of hydrogen-bond acceptors (Lipinski definition) is 4. The van der Waals surface area contributed by atoms with Gasteiger partial charge in [0, 0.05) is 29.7 Å². The fraction of sp³-hybridized carbons (Fsp3) is 0.346. The summed E-state index contributed by atoms with van der Waals surface area (Å²) in [5, 5.41) is 7.95. The van der Waals surface area contributed by atoms with Gasteiger partial charge < -0.3 is 15.0 Å². The molecule has 2 aromatic carbocycles. The molecule has 35 heavy (non-hydrogen) atoms. The van der Waals surface area contributed by atoms with Crippen LogP contribution in [0.5, 0.6) is 0 Å². The molecule has 0 unspecified atom stereocenters. The predicted octanol–water partition coefficient (Wildman–Crippen LogP) is 6.03. The lowest BCUT2D eigenvalue weighted by atomic mass is 9.90. The normalized spacial score (nSPS) is 14.6. The molecular weight excluding hydrogens is 471 g/mol. The Balaban J connectivity index is 1.60. The van der Waals surface area contributed by atoms with E-state index >= 15 is 0 Å². The minimum absolute atomic E-state index is 0.0350. The number of carbonyl (C=O) groups is 2. The first kappa shape index (κ1) is 24.7. The molecule has 0 spiro atoms. The largest absolute Gasteiger partial charge is 0.444 e. The molecule has 2 amide bonds. The molecule has 3 aromatic rings. The first-order valence-corrected chi connectivity index (χ1v) is 11.9. The summed E-state index contributed by atoms with van der Waals surface area (Å²) < 4.78 is 20.7. The summed E-state index contributed by atoms with van der Waals surface area (Å²) in [5.41, 5.74) is 1.86. The van der Waals surface area contributed by atoms with Crippen molar-refractivity contribution in [1.29, 1.82) is 0 Å². The Kier molecular flexibility index (Phi) is 7.12. The van der Waals surface area contributed by atoms with Crippen LogP contribution in [0, 0.1) is 5.82 Å². The van der Waals surface area contributed by atoms with E-state index in [9.17, 15) is 14.0 Å². The number of carbonyl (C=O) groups excluding carboxylic acids is 2. The van der Waals surface area contributed by atoms with Crippen molar-refractivity contribution in [2.75, 3.05) is 18.4 Å². The van der Waals surface area contributed by atoms with E-state index in [4.69, 9.17) is 16.3 Å². The van der Waals surface area contributed by atoms with Crippen molar-refractivity contribution in [2.24, 2.45) is 0 Å². The van der Waals surface area contributed by atoms with E-state index in [1.54, 1.807) is 46.0 Å². The molecule has 1 saturated heterocycles. The highest BCUT2D eigenvalue weighted by molar-refractivity contribution is 6.30. The minimum Gasteiger partial charge on any atom is -0.444 e. The zero-order chi connectivity index (χ0) is 25.2. The van der Waals surface area contributed by atoms with Gasteiger partial charge in [-0.05, 0) is 82.1 Å². The van der Waals surface area contributed by atoms with E-state index in [0.29, 0.717) is 47.9 Å². The first-order chi connectivity index (χ1) is 16.6. The topological polar surface area (TPSA) is 76.5 Å². The summed E-state index contributed by atoms with van der Waals surface area (Å²) in [5.74, 6) is -0.689. The van der Waals surface area contributed by atoms with Crippen LogP contribution in [0.15, 0.2) is 54.7 Å². The van der Waals surface area contributed by atoms with Crippen molar-refractivity contribution in [3.63, 3.8) is 0 Å². The molecule has 0 bridgehead atoms. The Morgan fingerprint density at radius 1 is 1.06 bits per heavy atom. The summed E-state index contributed by atoms with van der Waals surface area (Å²) >= 11 is 5.95. The molecule has 0 atom stereocenters. The first-order valence-electron chi connectivity index (χ1n) is 11.5. The molecule has 1 aromatic heterocycles. The number of halogens is 2. The van der Waals surface area contributed by atoms with Crippen LogP contribution in [-0.2, 0) is 4.74 Å². The van der Waals surface area contributed by atoms with Crippen LogP contribution < -0.4 is 5.32 Å². The van der Waals surface area contributed by atoms with Crippen LogP contribution >= 0.6 is 11.6 Å². The average Bonchev–Trinajstić information content (AvgIpc) is 3.25. The van der Waals surface area contributed by atoms with Crippen molar-refractivity contribution in [1.82, 2.24) is 14.7 Å². The molecule has 0 saturated carbocycles. The van der Waals surface area contributed by atoms with Gasteiger partial charge in [-0.1, -0.05) is 11.6 Å². The van der Waals surface area contributed by atoms with E-state index in [-0.39, 0.29) is 23.7 Å². The van der Waals surface area contributed by atoms with Gasteiger partial charge in [0.15, 0.2) is 0 Å². The second kappa shape index (κ2) is 10.1. The van der Waals surface area contributed by atoms with Crippen molar-refractivity contribution in [3.8, 4) is 5.69 Å². The standard InChI is InChI=1S/C26H28ClFN4O3/c1-26(2,3)35-25(34)31-14-12-17(13-15-31)23-22(24(33)30-20-8-4-18(27)5-9-20)16-29-32(23)21-10-6-19(28)7-11-21/h4-11,16-17H,12-15H2,1-3H3,(H,30,33). The van der Waals surface area contributed by atoms with Gasteiger partial charge in [-0.15, -0.1) is 0 Å². The fourth-order valence-corrected chi connectivity index (χ4v) is 4.23. The number of amides is 2. The number of benzene rings is 2. The Morgan fingerprint density at radius 3 is 2.29 bits per heavy atom. The van der Waals surface area contributed by atoms with Gasteiger partial charge in [-0.25, -0.2) is 13.9 Å². The Hall–Kier alpha value is -3.39. The van der Waals surface area contributed by atoms with E-state index in [0.717, 1.165) is 5.69 Å². The number of nitrogens with one attached hydrogen (secondary N) is 1. The van der Waals surface area contributed by atoms with E-state index in [2.05, 4.69) is 10.4 Å². The number of piperidine rings is 1. The summed E-state index contributed by atoms with van der Waals surface area (Å²) in [4.78, 5) is 27.4. The quantitative estimate of drug-likeness (QED) is 0.476. The predicted molar refractivity (Wildman–Crippen MR) is 133 cm³/mol. The lowest BCUT2D eigenvalue weighted by Gasteiger charge is -2.34. The number of likely N-dealkylation sites (tertiary alicyclic amines) is 1. The molecule has 7 nitrogen and oxygen atoms in total. The second-order valence-corrected chi connectivity index (χ2v) is 9.97. The number of anilines is 1. The number of rotatable bonds is 4. The summed E-state index contributed by atoms with van der Waals surface area (Å²) in [6.45, 7) is 6.50. The maximum atomic E-state index is 13.5. The molecular formula is C26H28ClFN4O3. The highest BCUT2D eigenvalue weighted by Gasteiger charge is 2.32. The van der Waals surface area contributed by atoms with Crippen LogP contribution in [0.25, 0.3) is 5.69 Å². The van der Waals surface area contributed by atoms with E-state index in [1.165, 1.54) is 18.3 Å². The van der Waals surface area contributed by atoms with Gasteiger partial charge in [-0.2, -0.15) is 5.10 Å². The summed E-state index contributed by atoms with van der Waals surface area (Å²) in [6, 6.07) is 12.8. The molecule has 1 N–H and O–H groups in total. The smallest absolute Gasteiger partial charge is 0.410 e. The molecule has 1 aliphatic rings. The van der Waals surface area contributed by atoms with Crippen molar-refractivity contribution in [3.05, 3.63) is 76.8 Å². The molecule has 0 aliphatic carbocycles. The fourth-order valence-electron chi connectivity index (χ4n) is 4.11. The highest BCUT2D eigenvalue weighted by Crippen LogP contribution is 2.33. The number of ether oxygens (including phenoxy) is 1. The van der Waals surface area contributed by atoms with Crippen LogP contribution in [0.3, 0.4) is 0 Å². The van der Waals surface area contributed by atoms with Crippen LogP contribution in [0.1, 0.15) is 55.6 Å². The SMILES string of the molecule is CC(C)(C)OC(=O)N1CCC(c2c(C(=O)Nc3ccc(Cl)cc3)cnn2-c2ccc(F)cc2)CC1. The van der Waals surface area contributed by atoms with Crippen LogP contribution in [0.4, 0.5) is 14.9 Å². The zero-order valence-electron chi connectivity index (χ0n) is 19.9. The van der Waals surface area contributed by atoms with Gasteiger partial charge in [0.05, 0.1) is 23.1 Å². The molecule has 1 aliphatic heterocycles. The van der Waals surface area contributed by atoms with Gasteiger partial charge in [0.25, 0.3) is 5.91 Å². The van der Waals surface area contributed by atoms with Crippen LogP contribution in [-0.4, -0.2) is 45.4 Å². The molecule has 4 rings (SSSR count). The number of aromatic nitrogens is 2.